The molecule has 0 radical (unpaired) electrons. The molecule has 1 rings (SSSR count). The van der Waals surface area contributed by atoms with Gasteiger partial charge in [-0.1, -0.05) is 0 Å². The summed E-state index contributed by atoms with van der Waals surface area (Å²) in [6.45, 7) is 10.9. The normalized spacial score (nSPS) is 28.3. The maximum atomic E-state index is 12.1. The van der Waals surface area contributed by atoms with Gasteiger partial charge in [0.1, 0.15) is 6.61 Å². The van der Waals surface area contributed by atoms with Gasteiger partial charge in [-0.3, -0.25) is 9.59 Å². The number of ether oxygens (including phenoxy) is 3. The molecule has 0 spiro atoms. The summed E-state index contributed by atoms with van der Waals surface area (Å²) in [6, 6.07) is 0. The lowest BCUT2D eigenvalue weighted by Gasteiger charge is -2.28. The maximum absolute atomic E-state index is 12.1. The molecule has 0 aromatic carbocycles. The molecule has 132 valence electrons. The Kier molecular flexibility index (Phi) is 5.16. The third kappa shape index (κ3) is 4.43. The highest BCUT2D eigenvalue weighted by molar-refractivity contribution is 5.84. The van der Waals surface area contributed by atoms with E-state index < -0.39 is 46.5 Å². The van der Waals surface area contributed by atoms with Gasteiger partial charge in [0.2, 0.25) is 0 Å². The van der Waals surface area contributed by atoms with E-state index in [1.165, 1.54) is 6.92 Å². The number of carbonyl (C=O) groups excluding carboxylic acids is 3. The van der Waals surface area contributed by atoms with Crippen molar-refractivity contribution in [2.24, 2.45) is 10.8 Å². The zero-order chi connectivity index (χ0) is 18.2. The van der Waals surface area contributed by atoms with Crippen LogP contribution in [-0.2, 0) is 28.6 Å². The van der Waals surface area contributed by atoms with E-state index in [1.54, 1.807) is 41.5 Å². The van der Waals surface area contributed by atoms with Gasteiger partial charge < -0.3 is 19.3 Å². The number of cyclic esters (lactones) is 1. The molecular weight excluding hydrogens is 304 g/mol. The Bertz CT molecular complexity index is 494. The van der Waals surface area contributed by atoms with Crippen molar-refractivity contribution >= 4 is 17.9 Å². The van der Waals surface area contributed by atoms with E-state index in [4.69, 9.17) is 14.2 Å². The molecule has 0 bridgehead atoms. The van der Waals surface area contributed by atoms with Crippen molar-refractivity contribution in [1.29, 1.82) is 0 Å². The molecule has 1 N–H and O–H groups in total. The van der Waals surface area contributed by atoms with E-state index in [0.29, 0.717) is 0 Å². The van der Waals surface area contributed by atoms with Gasteiger partial charge in [-0.2, -0.15) is 0 Å². The molecule has 0 amide bonds. The topological polar surface area (TPSA) is 99.1 Å². The first kappa shape index (κ1) is 19.4. The van der Waals surface area contributed by atoms with E-state index >= 15 is 0 Å². The highest BCUT2D eigenvalue weighted by atomic mass is 16.6. The van der Waals surface area contributed by atoms with Crippen LogP contribution in [0.3, 0.4) is 0 Å². The van der Waals surface area contributed by atoms with Crippen LogP contribution in [0.1, 0.15) is 48.5 Å². The van der Waals surface area contributed by atoms with Crippen LogP contribution >= 0.6 is 0 Å². The molecule has 1 saturated heterocycles. The van der Waals surface area contributed by atoms with E-state index in [0.717, 1.165) is 0 Å². The second-order valence-corrected chi connectivity index (χ2v) is 8.02. The summed E-state index contributed by atoms with van der Waals surface area (Å²) in [5.74, 6) is -1.99. The molecule has 7 nitrogen and oxygen atoms in total. The fourth-order valence-corrected chi connectivity index (χ4v) is 1.78. The van der Waals surface area contributed by atoms with Crippen LogP contribution in [-0.4, -0.2) is 47.4 Å². The highest BCUT2D eigenvalue weighted by Gasteiger charge is 2.57. The Morgan fingerprint density at radius 2 is 1.61 bits per heavy atom. The highest BCUT2D eigenvalue weighted by Crippen LogP contribution is 2.31. The van der Waals surface area contributed by atoms with E-state index in [-0.39, 0.29) is 6.61 Å². The van der Waals surface area contributed by atoms with Crippen molar-refractivity contribution in [3.05, 3.63) is 0 Å². The predicted octanol–water partition coefficient (Wildman–Crippen LogP) is 1.21. The van der Waals surface area contributed by atoms with Crippen molar-refractivity contribution in [2.45, 2.75) is 66.3 Å². The monoisotopic (exact) mass is 330 g/mol. The molecule has 1 heterocycles. The summed E-state index contributed by atoms with van der Waals surface area (Å²) in [7, 11) is 0. The molecule has 0 unspecified atom stereocenters. The Balaban J connectivity index is 2.87. The van der Waals surface area contributed by atoms with Gasteiger partial charge in [0.15, 0.2) is 17.8 Å². The minimum absolute atomic E-state index is 0.292. The molecule has 1 fully saturated rings. The Hall–Kier alpha value is -1.63. The van der Waals surface area contributed by atoms with Crippen LogP contribution in [0.4, 0.5) is 0 Å². The van der Waals surface area contributed by atoms with Gasteiger partial charge in [0.25, 0.3) is 0 Å². The van der Waals surface area contributed by atoms with Crippen LogP contribution in [0.5, 0.6) is 0 Å². The van der Waals surface area contributed by atoms with Crippen LogP contribution in [0.15, 0.2) is 0 Å². The maximum Gasteiger partial charge on any atom is 0.342 e. The van der Waals surface area contributed by atoms with E-state index in [2.05, 4.69) is 0 Å². The van der Waals surface area contributed by atoms with Crippen LogP contribution in [0.25, 0.3) is 0 Å². The lowest BCUT2D eigenvalue weighted by molar-refractivity contribution is -0.174. The number of rotatable bonds is 3. The third-order valence-corrected chi connectivity index (χ3v) is 3.40. The fraction of sp³-hybridized carbons (Fsp3) is 0.812. The zero-order valence-electron chi connectivity index (χ0n) is 14.8. The van der Waals surface area contributed by atoms with E-state index in [9.17, 15) is 19.5 Å². The second kappa shape index (κ2) is 6.11. The Labute approximate surface area is 136 Å². The minimum atomic E-state index is -1.99. The predicted molar refractivity (Wildman–Crippen MR) is 80.3 cm³/mol. The molecule has 0 aliphatic carbocycles. The lowest BCUT2D eigenvalue weighted by Crippen LogP contribution is -2.48. The number of esters is 3. The summed E-state index contributed by atoms with van der Waals surface area (Å²) in [4.78, 5) is 35.7. The molecular formula is C16H26O7. The van der Waals surface area contributed by atoms with Gasteiger partial charge in [-0.15, -0.1) is 0 Å². The molecule has 1 aliphatic heterocycles. The SMILES string of the molecule is CC(C)(C)C(=O)OC[C@H]1OC(=O)[C@](C)(O)[C@@H]1OC(=O)C(C)(C)C. The van der Waals surface area contributed by atoms with Crippen molar-refractivity contribution in [2.75, 3.05) is 6.61 Å². The molecule has 23 heavy (non-hydrogen) atoms. The van der Waals surface area contributed by atoms with Crippen molar-refractivity contribution < 1.29 is 33.7 Å². The van der Waals surface area contributed by atoms with Crippen LogP contribution in [0.2, 0.25) is 0 Å². The second-order valence-electron chi connectivity index (χ2n) is 8.02. The van der Waals surface area contributed by atoms with Crippen molar-refractivity contribution in [3.63, 3.8) is 0 Å². The number of carbonyl (C=O) groups is 3. The van der Waals surface area contributed by atoms with E-state index in [1.807, 2.05) is 0 Å². The average molecular weight is 330 g/mol. The molecule has 0 saturated carbocycles. The lowest BCUT2D eigenvalue weighted by atomic mass is 9.95. The smallest absolute Gasteiger partial charge is 0.342 e. The summed E-state index contributed by atoms with van der Waals surface area (Å²) >= 11 is 0. The fourth-order valence-electron chi connectivity index (χ4n) is 1.78. The molecule has 0 aromatic heterocycles. The summed E-state index contributed by atoms with van der Waals surface area (Å²) < 4.78 is 15.4. The van der Waals surface area contributed by atoms with Gasteiger partial charge >= 0.3 is 17.9 Å². The molecule has 3 atom stereocenters. The minimum Gasteiger partial charge on any atom is -0.461 e. The largest absolute Gasteiger partial charge is 0.461 e. The third-order valence-electron chi connectivity index (χ3n) is 3.40. The summed E-state index contributed by atoms with van der Waals surface area (Å²) in [5, 5.41) is 10.2. The van der Waals surface area contributed by atoms with Crippen LogP contribution in [0, 0.1) is 10.8 Å². The first-order valence-corrected chi connectivity index (χ1v) is 7.49. The average Bonchev–Trinajstić information content (AvgIpc) is 2.57. The van der Waals surface area contributed by atoms with Gasteiger partial charge in [0.05, 0.1) is 10.8 Å². The number of hydrogen-bond acceptors (Lipinski definition) is 7. The summed E-state index contributed by atoms with van der Waals surface area (Å²) in [6.07, 6.45) is -2.29. The zero-order valence-corrected chi connectivity index (χ0v) is 14.8. The number of hydrogen-bond donors (Lipinski definition) is 1. The quantitative estimate of drug-likeness (QED) is 0.613. The van der Waals surface area contributed by atoms with Gasteiger partial charge in [-0.05, 0) is 48.5 Å². The first-order valence-electron chi connectivity index (χ1n) is 7.49. The molecule has 7 heteroatoms. The Morgan fingerprint density at radius 1 is 1.13 bits per heavy atom. The van der Waals surface area contributed by atoms with Crippen LogP contribution < -0.4 is 0 Å². The van der Waals surface area contributed by atoms with Crippen molar-refractivity contribution in [1.82, 2.24) is 0 Å². The van der Waals surface area contributed by atoms with Gasteiger partial charge in [-0.25, -0.2) is 4.79 Å². The van der Waals surface area contributed by atoms with Gasteiger partial charge in [0, 0.05) is 0 Å². The standard InChI is InChI=1S/C16H26O7/c1-14(2,3)11(17)21-8-9-10(16(7,20)13(19)22-9)23-12(18)15(4,5)6/h9-10,20H,8H2,1-7H3/t9-,10-,16-/m1/s1. The first-order chi connectivity index (χ1) is 10.2. The molecule has 1 aliphatic rings. The Morgan fingerprint density at radius 3 is 2.04 bits per heavy atom. The van der Waals surface area contributed by atoms with Crippen molar-refractivity contribution in [3.8, 4) is 0 Å². The molecule has 0 aromatic rings. The number of aliphatic hydroxyl groups is 1. The summed E-state index contributed by atoms with van der Waals surface area (Å²) in [5.41, 5.74) is -3.52.